The van der Waals surface area contributed by atoms with E-state index in [0.717, 1.165) is 18.4 Å². The molecule has 2 aliphatic rings. The number of benzene rings is 1. The van der Waals surface area contributed by atoms with Crippen molar-refractivity contribution in [2.45, 2.75) is 56.9 Å². The second-order valence-electron chi connectivity index (χ2n) is 6.85. The summed E-state index contributed by atoms with van der Waals surface area (Å²) in [6.07, 6.45) is 6.40. The summed E-state index contributed by atoms with van der Waals surface area (Å²) in [7, 11) is 0. The van der Waals surface area contributed by atoms with Crippen LogP contribution in [0.3, 0.4) is 0 Å². The van der Waals surface area contributed by atoms with E-state index in [9.17, 15) is 9.59 Å². The molecule has 1 aliphatic heterocycles. The molecule has 4 nitrogen and oxygen atoms in total. The molecule has 1 saturated carbocycles. The molecule has 5 heteroatoms. The Morgan fingerprint density at radius 2 is 1.88 bits per heavy atom. The smallest absolute Gasteiger partial charge is 0.329 e. The first-order valence-electron chi connectivity index (χ1n) is 9.34. The van der Waals surface area contributed by atoms with E-state index in [-0.39, 0.29) is 17.3 Å². The fraction of sp³-hybridized carbons (Fsp3) is 0.600. The van der Waals surface area contributed by atoms with Gasteiger partial charge in [-0.2, -0.15) is 0 Å². The molecular formula is C20H27NO3S. The number of hydrogen-bond acceptors (Lipinski definition) is 4. The highest BCUT2D eigenvalue weighted by atomic mass is 32.2. The molecule has 136 valence electrons. The molecule has 1 aromatic rings. The van der Waals surface area contributed by atoms with Gasteiger partial charge in [-0.15, -0.1) is 11.8 Å². The van der Waals surface area contributed by atoms with E-state index in [2.05, 4.69) is 0 Å². The van der Waals surface area contributed by atoms with Gasteiger partial charge in [0, 0.05) is 5.75 Å². The second-order valence-corrected chi connectivity index (χ2v) is 8.00. The first-order valence-corrected chi connectivity index (χ1v) is 10.4. The summed E-state index contributed by atoms with van der Waals surface area (Å²) in [6.45, 7) is 2.17. The minimum Gasteiger partial charge on any atom is -0.464 e. The average molecular weight is 362 g/mol. The summed E-state index contributed by atoms with van der Waals surface area (Å²) in [4.78, 5) is 27.4. The Labute approximate surface area is 154 Å². The topological polar surface area (TPSA) is 46.6 Å². The van der Waals surface area contributed by atoms with Crippen molar-refractivity contribution >= 4 is 23.6 Å². The second kappa shape index (κ2) is 8.75. The van der Waals surface area contributed by atoms with E-state index in [0.29, 0.717) is 24.7 Å². The minimum atomic E-state index is -0.437. The van der Waals surface area contributed by atoms with Crippen LogP contribution in [0.25, 0.3) is 0 Å². The Bertz CT molecular complexity index is 586. The van der Waals surface area contributed by atoms with Crippen LogP contribution >= 0.6 is 11.8 Å². The highest BCUT2D eigenvalue weighted by Gasteiger charge is 2.45. The van der Waals surface area contributed by atoms with Gasteiger partial charge in [0.2, 0.25) is 5.91 Å². The zero-order valence-corrected chi connectivity index (χ0v) is 15.7. The molecule has 0 bridgehead atoms. The van der Waals surface area contributed by atoms with E-state index >= 15 is 0 Å². The third kappa shape index (κ3) is 4.38. The van der Waals surface area contributed by atoms with E-state index < -0.39 is 6.04 Å². The number of ether oxygens (including phenoxy) is 1. The molecule has 1 aliphatic carbocycles. The Balaban J connectivity index is 1.78. The number of thioether (sulfide) groups is 1. The maximum absolute atomic E-state index is 13.1. The van der Waals surface area contributed by atoms with Gasteiger partial charge in [0.1, 0.15) is 6.04 Å². The fourth-order valence-electron chi connectivity index (χ4n) is 3.91. The van der Waals surface area contributed by atoms with Crippen LogP contribution in [0.4, 0.5) is 0 Å². The van der Waals surface area contributed by atoms with Crippen LogP contribution in [-0.4, -0.2) is 40.6 Å². The van der Waals surface area contributed by atoms with Gasteiger partial charge in [-0.1, -0.05) is 49.6 Å². The molecule has 0 aromatic heterocycles. The van der Waals surface area contributed by atoms with Gasteiger partial charge in [-0.05, 0) is 31.2 Å². The van der Waals surface area contributed by atoms with Gasteiger partial charge in [0.15, 0.2) is 0 Å². The lowest BCUT2D eigenvalue weighted by atomic mass is 9.88. The summed E-state index contributed by atoms with van der Waals surface area (Å²) < 4.78 is 5.25. The molecule has 1 aromatic carbocycles. The van der Waals surface area contributed by atoms with Crippen molar-refractivity contribution in [1.29, 1.82) is 0 Å². The Kier molecular flexibility index (Phi) is 6.40. The summed E-state index contributed by atoms with van der Waals surface area (Å²) in [5.41, 5.74) is 0.995. The predicted octanol–water partition coefficient (Wildman–Crippen LogP) is 3.64. The molecule has 1 heterocycles. The lowest BCUT2D eigenvalue weighted by Gasteiger charge is -2.35. The fourth-order valence-corrected chi connectivity index (χ4v) is 5.55. The summed E-state index contributed by atoms with van der Waals surface area (Å²) in [5, 5.41) is 0.117. The van der Waals surface area contributed by atoms with Gasteiger partial charge in [0.25, 0.3) is 0 Å². The van der Waals surface area contributed by atoms with E-state index in [1.165, 1.54) is 19.3 Å². The summed E-state index contributed by atoms with van der Waals surface area (Å²) in [5.74, 6) is 0.943. The first kappa shape index (κ1) is 18.3. The molecule has 0 unspecified atom stereocenters. The lowest BCUT2D eigenvalue weighted by molar-refractivity contribution is -0.154. The Hall–Kier alpha value is -1.49. The number of carbonyl (C=O) groups is 2. The molecule has 1 saturated heterocycles. The van der Waals surface area contributed by atoms with Crippen LogP contribution in [0, 0.1) is 5.92 Å². The van der Waals surface area contributed by atoms with Crippen molar-refractivity contribution in [2.75, 3.05) is 12.4 Å². The number of carbonyl (C=O) groups excluding carboxylic acids is 2. The summed E-state index contributed by atoms with van der Waals surface area (Å²) in [6, 6.07) is 9.34. The number of hydrogen-bond donors (Lipinski definition) is 0. The van der Waals surface area contributed by atoms with Crippen molar-refractivity contribution in [3.8, 4) is 0 Å². The maximum Gasteiger partial charge on any atom is 0.329 e. The highest BCUT2D eigenvalue weighted by Crippen LogP contribution is 2.41. The van der Waals surface area contributed by atoms with Gasteiger partial charge >= 0.3 is 5.97 Å². The van der Waals surface area contributed by atoms with E-state index in [1.54, 1.807) is 11.8 Å². The molecule has 2 atom stereocenters. The monoisotopic (exact) mass is 361 g/mol. The van der Waals surface area contributed by atoms with Gasteiger partial charge < -0.3 is 9.64 Å². The third-order valence-electron chi connectivity index (χ3n) is 5.13. The van der Waals surface area contributed by atoms with Gasteiger partial charge in [-0.3, -0.25) is 4.79 Å². The molecule has 1 amide bonds. The number of nitrogens with zero attached hydrogens (tertiary/aromatic N) is 1. The maximum atomic E-state index is 13.1. The van der Waals surface area contributed by atoms with Crippen LogP contribution in [0.15, 0.2) is 30.3 Å². The van der Waals surface area contributed by atoms with E-state index in [1.807, 2.05) is 42.2 Å². The molecule has 2 fully saturated rings. The van der Waals surface area contributed by atoms with Crippen LogP contribution in [0.1, 0.15) is 44.6 Å². The van der Waals surface area contributed by atoms with Gasteiger partial charge in [0.05, 0.1) is 18.4 Å². The van der Waals surface area contributed by atoms with E-state index in [4.69, 9.17) is 4.74 Å². The molecule has 0 N–H and O–H groups in total. The lowest BCUT2D eigenvalue weighted by Crippen LogP contribution is -2.49. The standard InChI is InChI=1S/C20H27NO3S/c1-2-24-20(23)17-14-25-19(16-11-7-4-8-12-16)21(17)18(22)13-15-9-5-3-6-10-15/h3,5-6,9-10,16-17,19H,2,4,7-8,11-14H2,1H3/t17-,19-/m1/s1. The molecule has 3 rings (SSSR count). The van der Waals surface area contributed by atoms with Crippen LogP contribution < -0.4 is 0 Å². The third-order valence-corrected chi connectivity index (χ3v) is 6.59. The number of amides is 1. The van der Waals surface area contributed by atoms with Crippen molar-refractivity contribution in [1.82, 2.24) is 4.90 Å². The van der Waals surface area contributed by atoms with Crippen molar-refractivity contribution in [3.05, 3.63) is 35.9 Å². The Morgan fingerprint density at radius 1 is 1.16 bits per heavy atom. The highest BCUT2D eigenvalue weighted by molar-refractivity contribution is 8.00. The molecule has 0 radical (unpaired) electrons. The number of esters is 1. The van der Waals surface area contributed by atoms with Crippen LogP contribution in [0.5, 0.6) is 0 Å². The largest absolute Gasteiger partial charge is 0.464 e. The summed E-state index contributed by atoms with van der Waals surface area (Å²) >= 11 is 1.76. The quantitative estimate of drug-likeness (QED) is 0.751. The SMILES string of the molecule is CCOC(=O)[C@H]1CS[C@H](C2CCCCC2)N1C(=O)Cc1ccccc1. The van der Waals surface area contributed by atoms with Crippen molar-refractivity contribution < 1.29 is 14.3 Å². The minimum absolute atomic E-state index is 0.0461. The predicted molar refractivity (Wildman–Crippen MR) is 100 cm³/mol. The van der Waals surface area contributed by atoms with Crippen molar-refractivity contribution in [3.63, 3.8) is 0 Å². The normalized spacial score (nSPS) is 24.3. The molecule has 25 heavy (non-hydrogen) atoms. The number of rotatable bonds is 5. The average Bonchev–Trinajstić information content (AvgIpc) is 3.09. The zero-order valence-electron chi connectivity index (χ0n) is 14.9. The van der Waals surface area contributed by atoms with Crippen molar-refractivity contribution in [2.24, 2.45) is 5.92 Å². The first-order chi connectivity index (χ1) is 12.2. The molecule has 0 spiro atoms. The van der Waals surface area contributed by atoms with Gasteiger partial charge in [-0.25, -0.2) is 4.79 Å². The Morgan fingerprint density at radius 3 is 2.56 bits per heavy atom. The zero-order chi connectivity index (χ0) is 17.6. The van der Waals surface area contributed by atoms with Crippen LogP contribution in [0.2, 0.25) is 0 Å². The van der Waals surface area contributed by atoms with Crippen LogP contribution in [-0.2, 0) is 20.7 Å². The molecular weight excluding hydrogens is 334 g/mol.